The van der Waals surface area contributed by atoms with Gasteiger partial charge in [-0.3, -0.25) is 9.36 Å². The van der Waals surface area contributed by atoms with Crippen LogP contribution in [0.15, 0.2) is 17.1 Å². The molecule has 0 spiro atoms. The molecule has 1 amide bonds. The van der Waals surface area contributed by atoms with E-state index in [9.17, 15) is 27.9 Å². The van der Waals surface area contributed by atoms with Crippen LogP contribution in [0, 0.1) is 12.7 Å². The summed E-state index contributed by atoms with van der Waals surface area (Å²) in [5.41, 5.74) is -1.36. The molecule has 0 aliphatic heterocycles. The van der Waals surface area contributed by atoms with E-state index in [-0.39, 0.29) is 34.5 Å². The molecule has 0 bridgehead atoms. The number of ether oxygens (including phenoxy) is 2. The van der Waals surface area contributed by atoms with Crippen molar-refractivity contribution in [3.63, 3.8) is 0 Å². The third-order valence-corrected chi connectivity index (χ3v) is 5.46. The predicted molar refractivity (Wildman–Crippen MR) is 122 cm³/mol. The normalized spacial score (nSPS) is 12.4. The van der Waals surface area contributed by atoms with E-state index in [2.05, 4.69) is 20.4 Å². The van der Waals surface area contributed by atoms with E-state index in [1.807, 2.05) is 0 Å². The Kier molecular flexibility index (Phi) is 8.07. The van der Waals surface area contributed by atoms with Gasteiger partial charge in [0.1, 0.15) is 12.2 Å². The molecule has 3 rings (SSSR count). The van der Waals surface area contributed by atoms with Crippen LogP contribution in [0.1, 0.15) is 35.6 Å². The summed E-state index contributed by atoms with van der Waals surface area (Å²) in [4.78, 5) is 33.3. The van der Waals surface area contributed by atoms with E-state index in [0.717, 1.165) is 4.57 Å². The molecule has 3 aromatic heterocycles. The second-order valence-electron chi connectivity index (χ2n) is 7.53. The predicted octanol–water partition coefficient (Wildman–Crippen LogP) is 3.03. The van der Waals surface area contributed by atoms with Crippen LogP contribution in [0.25, 0.3) is 5.82 Å². The summed E-state index contributed by atoms with van der Waals surface area (Å²) in [6.45, 7) is 3.10. The standard InChI is InChI=1S/C21H21ClF4N6O5/c1-5-31-14(8-33)30-32(20(31)35)16-13(23)6-11(19(29-16)37-10(3)21(24,25)26)17(34)28-15-9(2)18(36-4)27-7-12(15)22/h6-7,10,33H,5,8H2,1-4H3,(H,27,28,34)/t10-/m0/s1. The number of halogens is 5. The molecule has 16 heteroatoms. The summed E-state index contributed by atoms with van der Waals surface area (Å²) < 4.78 is 66.3. The summed E-state index contributed by atoms with van der Waals surface area (Å²) in [6.07, 6.45) is -6.16. The fourth-order valence-electron chi connectivity index (χ4n) is 3.21. The number of amides is 1. The Morgan fingerprint density at radius 1 is 1.32 bits per heavy atom. The van der Waals surface area contributed by atoms with Crippen LogP contribution in [-0.2, 0) is 13.2 Å². The molecule has 0 aliphatic rings. The lowest BCUT2D eigenvalue weighted by Gasteiger charge is -2.20. The summed E-state index contributed by atoms with van der Waals surface area (Å²) >= 11 is 6.10. The smallest absolute Gasteiger partial charge is 0.425 e. The summed E-state index contributed by atoms with van der Waals surface area (Å²) in [7, 11) is 1.32. The third-order valence-electron chi connectivity index (χ3n) is 5.18. The number of pyridine rings is 2. The number of aromatic nitrogens is 5. The molecule has 3 aromatic rings. The number of hydrogen-bond acceptors (Lipinski definition) is 8. The Labute approximate surface area is 211 Å². The zero-order chi connectivity index (χ0) is 27.7. The largest absolute Gasteiger partial charge is 0.481 e. The first-order chi connectivity index (χ1) is 17.3. The number of anilines is 1. The van der Waals surface area contributed by atoms with Gasteiger partial charge >= 0.3 is 11.9 Å². The molecule has 0 saturated carbocycles. The molecule has 200 valence electrons. The van der Waals surface area contributed by atoms with E-state index in [4.69, 9.17) is 21.1 Å². The average Bonchev–Trinajstić information content (AvgIpc) is 3.16. The first-order valence-corrected chi connectivity index (χ1v) is 11.0. The summed E-state index contributed by atoms with van der Waals surface area (Å²) in [6, 6.07) is 0.549. The van der Waals surface area contributed by atoms with Gasteiger partial charge in [0.2, 0.25) is 11.8 Å². The fourth-order valence-corrected chi connectivity index (χ4v) is 3.45. The van der Waals surface area contributed by atoms with E-state index >= 15 is 4.39 Å². The number of methoxy groups -OCH3 is 1. The molecule has 0 aromatic carbocycles. The van der Waals surface area contributed by atoms with Gasteiger partial charge in [0.25, 0.3) is 5.91 Å². The highest BCUT2D eigenvalue weighted by Gasteiger charge is 2.39. The Bertz CT molecular complexity index is 1390. The van der Waals surface area contributed by atoms with Crippen LogP contribution < -0.4 is 20.5 Å². The van der Waals surface area contributed by atoms with Gasteiger partial charge in [0.05, 0.1) is 24.0 Å². The molecule has 2 N–H and O–H groups in total. The Morgan fingerprint density at radius 2 is 2.00 bits per heavy atom. The lowest BCUT2D eigenvalue weighted by molar-refractivity contribution is -0.190. The third kappa shape index (κ3) is 5.51. The molecule has 0 aliphatic carbocycles. The van der Waals surface area contributed by atoms with Crippen molar-refractivity contribution >= 4 is 23.2 Å². The summed E-state index contributed by atoms with van der Waals surface area (Å²) in [5.74, 6) is -4.21. The zero-order valence-corrected chi connectivity index (χ0v) is 20.6. The molecular formula is C21H21ClF4N6O5. The van der Waals surface area contributed by atoms with Gasteiger partial charge in [-0.1, -0.05) is 11.6 Å². The zero-order valence-electron chi connectivity index (χ0n) is 19.9. The van der Waals surface area contributed by atoms with E-state index in [1.165, 1.54) is 20.2 Å². The molecule has 11 nitrogen and oxygen atoms in total. The molecular weight excluding hydrogens is 528 g/mol. The van der Waals surface area contributed by atoms with Crippen molar-refractivity contribution in [1.29, 1.82) is 0 Å². The molecule has 1 atom stereocenters. The van der Waals surface area contributed by atoms with Crippen molar-refractivity contribution in [1.82, 2.24) is 24.3 Å². The van der Waals surface area contributed by atoms with Gasteiger partial charge < -0.3 is 19.9 Å². The SMILES string of the molecule is CCn1c(CO)nn(-c2nc(O[C@@H](C)C(F)(F)F)c(C(=O)Nc3c(Cl)cnc(OC)c3C)cc2F)c1=O. The van der Waals surface area contributed by atoms with Crippen molar-refractivity contribution in [2.24, 2.45) is 0 Å². The van der Waals surface area contributed by atoms with Crippen LogP contribution in [0.5, 0.6) is 11.8 Å². The first kappa shape index (κ1) is 27.9. The van der Waals surface area contributed by atoms with E-state index < -0.39 is 53.6 Å². The van der Waals surface area contributed by atoms with Crippen molar-refractivity contribution < 1.29 is 36.9 Å². The number of rotatable bonds is 8. The van der Waals surface area contributed by atoms with Crippen LogP contribution in [0.2, 0.25) is 5.02 Å². The molecule has 0 radical (unpaired) electrons. The topological polar surface area (TPSA) is 133 Å². The highest BCUT2D eigenvalue weighted by molar-refractivity contribution is 6.34. The van der Waals surface area contributed by atoms with Gasteiger partial charge in [-0.25, -0.2) is 14.2 Å². The van der Waals surface area contributed by atoms with Gasteiger partial charge in [0, 0.05) is 12.1 Å². The van der Waals surface area contributed by atoms with Crippen molar-refractivity contribution in [2.45, 2.75) is 46.2 Å². The monoisotopic (exact) mass is 548 g/mol. The van der Waals surface area contributed by atoms with Crippen molar-refractivity contribution in [3.05, 3.63) is 50.5 Å². The Hall–Kier alpha value is -3.72. The lowest BCUT2D eigenvalue weighted by Crippen LogP contribution is -2.33. The van der Waals surface area contributed by atoms with Crippen LogP contribution >= 0.6 is 11.6 Å². The minimum Gasteiger partial charge on any atom is -0.481 e. The maximum absolute atomic E-state index is 15.1. The van der Waals surface area contributed by atoms with Crippen LogP contribution in [0.3, 0.4) is 0 Å². The Balaban J connectivity index is 2.16. The number of nitrogens with zero attached hydrogens (tertiary/aromatic N) is 5. The second kappa shape index (κ2) is 10.7. The number of aliphatic hydroxyl groups excluding tert-OH is 1. The van der Waals surface area contributed by atoms with Crippen molar-refractivity contribution in [2.75, 3.05) is 12.4 Å². The number of carbonyl (C=O) groups excluding carboxylic acids is 1. The highest BCUT2D eigenvalue weighted by Crippen LogP contribution is 2.33. The average molecular weight is 549 g/mol. The molecule has 37 heavy (non-hydrogen) atoms. The van der Waals surface area contributed by atoms with Gasteiger partial charge in [-0.05, 0) is 26.8 Å². The molecule has 0 fully saturated rings. The van der Waals surface area contributed by atoms with E-state index in [0.29, 0.717) is 17.7 Å². The quantitative estimate of drug-likeness (QED) is 0.410. The molecule has 0 unspecified atom stereocenters. The van der Waals surface area contributed by atoms with Crippen LogP contribution in [0.4, 0.5) is 23.2 Å². The lowest BCUT2D eigenvalue weighted by atomic mass is 10.2. The molecule has 3 heterocycles. The summed E-state index contributed by atoms with van der Waals surface area (Å²) in [5, 5.41) is 15.6. The minimum absolute atomic E-state index is 0.00307. The van der Waals surface area contributed by atoms with Gasteiger partial charge in [0.15, 0.2) is 23.6 Å². The van der Waals surface area contributed by atoms with Gasteiger partial charge in [-0.15, -0.1) is 5.10 Å². The number of aliphatic hydroxyl groups is 1. The number of carbonyl (C=O) groups is 1. The minimum atomic E-state index is -4.87. The number of nitrogens with one attached hydrogen (secondary N) is 1. The maximum atomic E-state index is 15.1. The highest BCUT2D eigenvalue weighted by atomic mass is 35.5. The maximum Gasteiger partial charge on any atom is 0.425 e. The number of alkyl halides is 3. The second-order valence-corrected chi connectivity index (χ2v) is 7.94. The van der Waals surface area contributed by atoms with Gasteiger partial charge in [-0.2, -0.15) is 22.8 Å². The number of hydrogen-bond donors (Lipinski definition) is 2. The Morgan fingerprint density at radius 3 is 2.54 bits per heavy atom. The molecule has 0 saturated heterocycles. The van der Waals surface area contributed by atoms with E-state index in [1.54, 1.807) is 6.92 Å². The van der Waals surface area contributed by atoms with Crippen molar-refractivity contribution in [3.8, 4) is 17.6 Å². The first-order valence-electron chi connectivity index (χ1n) is 10.6. The van der Waals surface area contributed by atoms with Crippen LogP contribution in [-0.4, -0.2) is 54.7 Å². The fraction of sp³-hybridized carbons (Fsp3) is 0.381.